The highest BCUT2D eigenvalue weighted by Crippen LogP contribution is 2.39. The van der Waals surface area contributed by atoms with Crippen molar-refractivity contribution in [2.75, 3.05) is 26.5 Å². The number of carbonyl (C=O) groups is 1. The maximum absolute atomic E-state index is 12.7. The van der Waals surface area contributed by atoms with Crippen molar-refractivity contribution in [2.24, 2.45) is 0 Å². The molecule has 1 amide bonds. The number of carbonyl (C=O) groups excluding carboxylic acids is 1. The third-order valence-corrected chi connectivity index (χ3v) is 4.81. The number of amides is 1. The number of fused-ring (bicyclic) bond motifs is 1. The molecule has 0 saturated heterocycles. The van der Waals surface area contributed by atoms with Crippen LogP contribution >= 0.6 is 0 Å². The molecule has 1 heterocycles. The summed E-state index contributed by atoms with van der Waals surface area (Å²) in [4.78, 5) is 14.4. The fourth-order valence-corrected chi connectivity index (χ4v) is 3.43. The number of aliphatic hydroxyl groups excluding tert-OH is 1. The van der Waals surface area contributed by atoms with Gasteiger partial charge in [0.25, 0.3) is 0 Å². The lowest BCUT2D eigenvalue weighted by Gasteiger charge is -2.34. The molecule has 0 saturated carbocycles. The minimum atomic E-state index is -0.811. The van der Waals surface area contributed by atoms with Crippen LogP contribution in [0.2, 0.25) is 0 Å². The Kier molecular flexibility index (Phi) is 5.32. The molecular formula is C20H24N2O4. The van der Waals surface area contributed by atoms with Crippen LogP contribution in [0.25, 0.3) is 0 Å². The number of para-hydroxylation sites is 1. The van der Waals surface area contributed by atoms with Crippen molar-refractivity contribution in [1.29, 1.82) is 0 Å². The summed E-state index contributed by atoms with van der Waals surface area (Å²) in [5.41, 5.74) is 9.08. The standard InChI is InChI=1S/C20H24N2O4/c1-25-17-8-9-18(26-2)20-14(17)11-22(12-16(20)23)19(24)10-7-13-5-3-4-6-15(13)21/h3-6,8-9,16,23H,7,10-12,21H2,1-2H3. The molecule has 2 aromatic carbocycles. The number of methoxy groups -OCH3 is 2. The van der Waals surface area contributed by atoms with Crippen molar-refractivity contribution < 1.29 is 19.4 Å². The number of hydrogen-bond donors (Lipinski definition) is 2. The molecule has 1 aliphatic heterocycles. The second-order valence-electron chi connectivity index (χ2n) is 6.35. The van der Waals surface area contributed by atoms with Crippen LogP contribution < -0.4 is 15.2 Å². The maximum Gasteiger partial charge on any atom is 0.223 e. The van der Waals surface area contributed by atoms with Crippen LogP contribution in [-0.4, -0.2) is 36.7 Å². The number of aliphatic hydroxyl groups is 1. The molecule has 0 fully saturated rings. The lowest BCUT2D eigenvalue weighted by Crippen LogP contribution is -2.38. The number of β-amino-alcohol motifs (C(OH)–C–C–N with tert-alkyl or cyclic N) is 1. The fraction of sp³-hybridized carbons (Fsp3) is 0.350. The molecule has 1 atom stereocenters. The second-order valence-corrected chi connectivity index (χ2v) is 6.35. The Hall–Kier alpha value is -2.73. The van der Waals surface area contributed by atoms with Gasteiger partial charge in [-0.15, -0.1) is 0 Å². The molecule has 0 bridgehead atoms. The Morgan fingerprint density at radius 2 is 1.88 bits per heavy atom. The first-order valence-corrected chi connectivity index (χ1v) is 8.58. The van der Waals surface area contributed by atoms with E-state index in [4.69, 9.17) is 15.2 Å². The topological polar surface area (TPSA) is 85.0 Å². The van der Waals surface area contributed by atoms with E-state index in [0.29, 0.717) is 42.1 Å². The van der Waals surface area contributed by atoms with Crippen LogP contribution in [0.4, 0.5) is 5.69 Å². The van der Waals surface area contributed by atoms with Crippen LogP contribution in [0, 0.1) is 0 Å². The highest BCUT2D eigenvalue weighted by molar-refractivity contribution is 5.77. The van der Waals surface area contributed by atoms with E-state index in [1.807, 2.05) is 24.3 Å². The molecule has 6 nitrogen and oxygen atoms in total. The Bertz CT molecular complexity index is 806. The quantitative estimate of drug-likeness (QED) is 0.803. The van der Waals surface area contributed by atoms with Crippen LogP contribution in [0.1, 0.15) is 29.2 Å². The van der Waals surface area contributed by atoms with Crippen molar-refractivity contribution >= 4 is 11.6 Å². The van der Waals surface area contributed by atoms with Gasteiger partial charge < -0.3 is 25.2 Å². The molecule has 6 heteroatoms. The summed E-state index contributed by atoms with van der Waals surface area (Å²) < 4.78 is 10.8. The van der Waals surface area contributed by atoms with Gasteiger partial charge in [-0.1, -0.05) is 18.2 Å². The highest BCUT2D eigenvalue weighted by Gasteiger charge is 2.31. The number of nitrogens with two attached hydrogens (primary N) is 1. The van der Waals surface area contributed by atoms with Crippen LogP contribution in [0.15, 0.2) is 36.4 Å². The van der Waals surface area contributed by atoms with Crippen LogP contribution in [0.3, 0.4) is 0 Å². The predicted octanol–water partition coefficient (Wildman–Crippen LogP) is 2.29. The number of anilines is 1. The summed E-state index contributed by atoms with van der Waals surface area (Å²) in [6.45, 7) is 0.621. The molecule has 138 valence electrons. The zero-order valence-corrected chi connectivity index (χ0v) is 15.1. The van der Waals surface area contributed by atoms with E-state index in [2.05, 4.69) is 0 Å². The zero-order valence-electron chi connectivity index (χ0n) is 15.1. The molecule has 1 aliphatic rings. The summed E-state index contributed by atoms with van der Waals surface area (Å²) in [6.07, 6.45) is 0.0949. The number of hydrogen-bond acceptors (Lipinski definition) is 5. The summed E-state index contributed by atoms with van der Waals surface area (Å²) in [5.74, 6) is 1.23. The van der Waals surface area contributed by atoms with Gasteiger partial charge in [-0.25, -0.2) is 0 Å². The summed E-state index contributed by atoms with van der Waals surface area (Å²) in [5, 5.41) is 10.6. The van der Waals surface area contributed by atoms with E-state index in [9.17, 15) is 9.90 Å². The van der Waals surface area contributed by atoms with E-state index in [0.717, 1.165) is 11.1 Å². The lowest BCUT2D eigenvalue weighted by molar-refractivity contribution is -0.134. The van der Waals surface area contributed by atoms with Crippen LogP contribution in [-0.2, 0) is 17.8 Å². The van der Waals surface area contributed by atoms with E-state index < -0.39 is 6.10 Å². The normalized spacial score (nSPS) is 16.1. The minimum Gasteiger partial charge on any atom is -0.496 e. The lowest BCUT2D eigenvalue weighted by atomic mass is 9.94. The molecule has 3 N–H and O–H groups in total. The van der Waals surface area contributed by atoms with Gasteiger partial charge in [-0.3, -0.25) is 4.79 Å². The van der Waals surface area contributed by atoms with Gasteiger partial charge in [0.2, 0.25) is 5.91 Å². The number of nitrogen functional groups attached to an aromatic ring is 1. The Morgan fingerprint density at radius 3 is 2.58 bits per heavy atom. The molecule has 26 heavy (non-hydrogen) atoms. The number of rotatable bonds is 5. The molecule has 3 rings (SSSR count). The minimum absolute atomic E-state index is 0.0252. The number of aryl methyl sites for hydroxylation is 1. The van der Waals surface area contributed by atoms with E-state index in [-0.39, 0.29) is 12.5 Å². The smallest absolute Gasteiger partial charge is 0.223 e. The van der Waals surface area contributed by atoms with E-state index in [1.165, 1.54) is 0 Å². The van der Waals surface area contributed by atoms with Gasteiger partial charge in [0.15, 0.2) is 0 Å². The Labute approximate surface area is 153 Å². The van der Waals surface area contributed by atoms with Gasteiger partial charge >= 0.3 is 0 Å². The number of ether oxygens (including phenoxy) is 2. The largest absolute Gasteiger partial charge is 0.496 e. The fourth-order valence-electron chi connectivity index (χ4n) is 3.43. The van der Waals surface area contributed by atoms with Crippen LogP contribution in [0.5, 0.6) is 11.5 Å². The highest BCUT2D eigenvalue weighted by atomic mass is 16.5. The van der Waals surface area contributed by atoms with Crippen molar-refractivity contribution in [3.05, 3.63) is 53.1 Å². The van der Waals surface area contributed by atoms with Crippen molar-refractivity contribution in [3.63, 3.8) is 0 Å². The third kappa shape index (κ3) is 3.46. The molecule has 0 spiro atoms. The molecular weight excluding hydrogens is 332 g/mol. The molecule has 0 aliphatic carbocycles. The first kappa shape index (κ1) is 18.1. The van der Waals surface area contributed by atoms with Gasteiger partial charge in [0.05, 0.1) is 20.8 Å². The number of nitrogens with zero attached hydrogens (tertiary/aromatic N) is 1. The first-order chi connectivity index (χ1) is 12.5. The SMILES string of the molecule is COc1ccc(OC)c2c1CN(C(=O)CCc1ccccc1N)CC2O. The predicted molar refractivity (Wildman–Crippen MR) is 99.1 cm³/mol. The van der Waals surface area contributed by atoms with E-state index >= 15 is 0 Å². The van der Waals surface area contributed by atoms with Gasteiger partial charge in [0, 0.05) is 29.8 Å². The van der Waals surface area contributed by atoms with Crippen molar-refractivity contribution in [1.82, 2.24) is 4.90 Å². The second kappa shape index (κ2) is 7.66. The molecule has 0 radical (unpaired) electrons. The Morgan fingerprint density at radius 1 is 1.19 bits per heavy atom. The average molecular weight is 356 g/mol. The molecule has 1 unspecified atom stereocenters. The maximum atomic E-state index is 12.7. The Balaban J connectivity index is 1.77. The van der Waals surface area contributed by atoms with Crippen molar-refractivity contribution in [3.8, 4) is 11.5 Å². The van der Waals surface area contributed by atoms with Gasteiger partial charge in [-0.2, -0.15) is 0 Å². The molecule has 2 aromatic rings. The summed E-state index contributed by atoms with van der Waals surface area (Å²) in [7, 11) is 3.14. The molecule has 0 aromatic heterocycles. The van der Waals surface area contributed by atoms with Gasteiger partial charge in [-0.05, 0) is 30.2 Å². The first-order valence-electron chi connectivity index (χ1n) is 8.58. The number of benzene rings is 2. The third-order valence-electron chi connectivity index (χ3n) is 4.81. The summed E-state index contributed by atoms with van der Waals surface area (Å²) >= 11 is 0. The average Bonchev–Trinajstić information content (AvgIpc) is 2.66. The monoisotopic (exact) mass is 356 g/mol. The summed E-state index contributed by atoms with van der Waals surface area (Å²) in [6, 6.07) is 11.1. The van der Waals surface area contributed by atoms with E-state index in [1.54, 1.807) is 31.3 Å². The van der Waals surface area contributed by atoms with Crippen molar-refractivity contribution in [2.45, 2.75) is 25.5 Å². The van der Waals surface area contributed by atoms with Gasteiger partial charge in [0.1, 0.15) is 17.6 Å². The zero-order chi connectivity index (χ0) is 18.7.